The van der Waals surface area contributed by atoms with Gasteiger partial charge in [0.15, 0.2) is 5.78 Å². The maximum atomic E-state index is 12.6. The summed E-state index contributed by atoms with van der Waals surface area (Å²) in [7, 11) is 0. The topological polar surface area (TPSA) is 43.4 Å². The third kappa shape index (κ3) is 4.81. The summed E-state index contributed by atoms with van der Waals surface area (Å²) < 4.78 is 5.19. The van der Waals surface area contributed by atoms with Crippen LogP contribution < -0.4 is 0 Å². The molecule has 0 aromatic heterocycles. The summed E-state index contributed by atoms with van der Waals surface area (Å²) in [6, 6.07) is 15.4. The number of halogens is 2. The minimum absolute atomic E-state index is 0.160. The molecule has 0 aliphatic heterocycles. The normalized spacial score (nSPS) is 11.7. The van der Waals surface area contributed by atoms with Crippen molar-refractivity contribution in [2.75, 3.05) is 12.5 Å². The molecule has 0 heterocycles. The molecule has 23 heavy (non-hydrogen) atoms. The molecular weight excluding hydrogens is 335 g/mol. The quantitative estimate of drug-likeness (QED) is 0.424. The average Bonchev–Trinajstić information content (AvgIpc) is 2.61. The maximum absolute atomic E-state index is 12.6. The zero-order valence-corrected chi connectivity index (χ0v) is 13.9. The predicted molar refractivity (Wildman–Crippen MR) is 91.6 cm³/mol. The molecule has 120 valence electrons. The molecule has 1 atom stereocenters. The Morgan fingerprint density at radius 1 is 0.957 bits per heavy atom. The van der Waals surface area contributed by atoms with Crippen molar-refractivity contribution in [1.29, 1.82) is 0 Å². The van der Waals surface area contributed by atoms with Crippen molar-refractivity contribution in [3.63, 3.8) is 0 Å². The molecule has 0 saturated carbocycles. The Kier molecular flexibility index (Phi) is 6.63. The first-order chi connectivity index (χ1) is 11.1. The fourth-order valence-electron chi connectivity index (χ4n) is 2.04. The molecule has 0 spiro atoms. The first-order valence-electron chi connectivity index (χ1n) is 7.19. The van der Waals surface area contributed by atoms with E-state index in [1.54, 1.807) is 48.5 Å². The van der Waals surface area contributed by atoms with Crippen molar-refractivity contribution in [1.82, 2.24) is 0 Å². The second-order valence-corrected chi connectivity index (χ2v) is 5.84. The highest BCUT2D eigenvalue weighted by atomic mass is 35.5. The number of carbonyl (C=O) groups is 2. The molecule has 5 heteroatoms. The van der Waals surface area contributed by atoms with Crippen molar-refractivity contribution < 1.29 is 14.3 Å². The Morgan fingerprint density at radius 3 is 2.22 bits per heavy atom. The van der Waals surface area contributed by atoms with Crippen LogP contribution >= 0.6 is 23.2 Å². The summed E-state index contributed by atoms with van der Waals surface area (Å²) in [5.41, 5.74) is 1.09. The Hall–Kier alpha value is -1.84. The van der Waals surface area contributed by atoms with Gasteiger partial charge in [-0.15, -0.1) is 23.2 Å². The van der Waals surface area contributed by atoms with Crippen molar-refractivity contribution in [3.05, 3.63) is 71.3 Å². The number of esters is 1. The first-order valence-corrected chi connectivity index (χ1v) is 8.16. The van der Waals surface area contributed by atoms with Gasteiger partial charge in [0.05, 0.1) is 17.5 Å². The molecule has 3 nitrogen and oxygen atoms in total. The van der Waals surface area contributed by atoms with Gasteiger partial charge < -0.3 is 4.74 Å². The summed E-state index contributed by atoms with van der Waals surface area (Å²) in [6.45, 7) is 0.160. The van der Waals surface area contributed by atoms with Crippen LogP contribution in [0.1, 0.15) is 32.7 Å². The van der Waals surface area contributed by atoms with Crippen LogP contribution in [-0.2, 0) is 4.74 Å². The fraction of sp³-hybridized carbons (Fsp3) is 0.222. The smallest absolute Gasteiger partial charge is 0.338 e. The van der Waals surface area contributed by atoms with Gasteiger partial charge in [0, 0.05) is 17.0 Å². The van der Waals surface area contributed by atoms with Crippen molar-refractivity contribution in [3.8, 4) is 0 Å². The molecule has 0 saturated heterocycles. The average molecular weight is 351 g/mol. The lowest BCUT2D eigenvalue weighted by Gasteiger charge is -2.10. The molecule has 2 aromatic rings. The van der Waals surface area contributed by atoms with E-state index in [1.807, 2.05) is 6.07 Å². The molecular formula is C18H16Cl2O3. The van der Waals surface area contributed by atoms with E-state index in [0.29, 0.717) is 23.4 Å². The number of alkyl halides is 2. The van der Waals surface area contributed by atoms with E-state index in [-0.39, 0.29) is 23.3 Å². The number of ketones is 1. The number of rotatable bonds is 7. The van der Waals surface area contributed by atoms with Crippen molar-refractivity contribution in [2.45, 2.75) is 11.8 Å². The van der Waals surface area contributed by atoms with Gasteiger partial charge in [-0.1, -0.05) is 48.5 Å². The molecule has 0 radical (unpaired) electrons. The van der Waals surface area contributed by atoms with E-state index in [9.17, 15) is 9.59 Å². The van der Waals surface area contributed by atoms with Gasteiger partial charge in [-0.3, -0.25) is 4.79 Å². The Bertz CT molecular complexity index is 671. The zero-order chi connectivity index (χ0) is 16.7. The molecule has 0 aliphatic carbocycles. The number of ether oxygens (including phenoxy) is 1. The first kappa shape index (κ1) is 17.5. The van der Waals surface area contributed by atoms with E-state index >= 15 is 0 Å². The van der Waals surface area contributed by atoms with Crippen LogP contribution in [0.2, 0.25) is 0 Å². The van der Waals surface area contributed by atoms with Gasteiger partial charge in [0.25, 0.3) is 0 Å². The van der Waals surface area contributed by atoms with Gasteiger partial charge in [0.1, 0.15) is 0 Å². The van der Waals surface area contributed by atoms with E-state index in [4.69, 9.17) is 27.9 Å². The lowest BCUT2D eigenvalue weighted by Crippen LogP contribution is -2.15. The molecule has 2 rings (SSSR count). The van der Waals surface area contributed by atoms with Crippen LogP contribution in [0.25, 0.3) is 0 Å². The monoisotopic (exact) mass is 350 g/mol. The highest BCUT2D eigenvalue weighted by molar-refractivity contribution is 6.28. The number of hydrogen-bond acceptors (Lipinski definition) is 3. The minimum atomic E-state index is -0.539. The van der Waals surface area contributed by atoms with Crippen LogP contribution in [0.15, 0.2) is 54.6 Å². The van der Waals surface area contributed by atoms with E-state index in [0.717, 1.165) is 0 Å². The molecule has 0 fully saturated rings. The van der Waals surface area contributed by atoms with Gasteiger partial charge in [0.2, 0.25) is 0 Å². The van der Waals surface area contributed by atoms with Gasteiger partial charge in [-0.2, -0.15) is 0 Å². The summed E-state index contributed by atoms with van der Waals surface area (Å²) in [4.78, 5) is 24.8. The Morgan fingerprint density at radius 2 is 1.57 bits per heavy atom. The zero-order valence-electron chi connectivity index (χ0n) is 12.4. The number of carbonyl (C=O) groups excluding carboxylic acids is 2. The number of hydrogen-bond donors (Lipinski definition) is 0. The predicted octanol–water partition coefficient (Wildman–Crippen LogP) is 4.31. The van der Waals surface area contributed by atoms with E-state index in [2.05, 4.69) is 0 Å². The maximum Gasteiger partial charge on any atom is 0.338 e. The highest BCUT2D eigenvalue weighted by Gasteiger charge is 2.19. The fourth-order valence-corrected chi connectivity index (χ4v) is 2.28. The van der Waals surface area contributed by atoms with Crippen LogP contribution in [-0.4, -0.2) is 29.6 Å². The second-order valence-electron chi connectivity index (χ2n) is 4.92. The van der Waals surface area contributed by atoms with Gasteiger partial charge in [-0.05, 0) is 12.5 Å². The Balaban J connectivity index is 2.14. The summed E-state index contributed by atoms with van der Waals surface area (Å²) in [6.07, 6.45) is 0.464. The highest BCUT2D eigenvalue weighted by Crippen LogP contribution is 2.16. The summed E-state index contributed by atoms with van der Waals surface area (Å²) >= 11 is 11.5. The van der Waals surface area contributed by atoms with Crippen LogP contribution in [0.4, 0.5) is 0 Å². The molecule has 2 aromatic carbocycles. The lowest BCUT2D eigenvalue weighted by molar-refractivity contribution is 0.0498. The van der Waals surface area contributed by atoms with Gasteiger partial charge >= 0.3 is 5.97 Å². The molecule has 1 unspecified atom stereocenters. The molecule has 0 bridgehead atoms. The van der Waals surface area contributed by atoms with Crippen LogP contribution in [0, 0.1) is 0 Å². The van der Waals surface area contributed by atoms with E-state index in [1.165, 1.54) is 0 Å². The molecule has 0 aliphatic rings. The number of benzene rings is 2. The third-order valence-corrected chi connectivity index (χ3v) is 4.16. The van der Waals surface area contributed by atoms with Crippen LogP contribution in [0.5, 0.6) is 0 Å². The van der Waals surface area contributed by atoms with Crippen molar-refractivity contribution in [2.24, 2.45) is 0 Å². The van der Waals surface area contributed by atoms with E-state index < -0.39 is 5.97 Å². The minimum Gasteiger partial charge on any atom is -0.462 e. The second kappa shape index (κ2) is 8.70. The largest absolute Gasteiger partial charge is 0.462 e. The molecule has 0 amide bonds. The molecule has 0 N–H and O–H groups in total. The lowest BCUT2D eigenvalue weighted by atomic mass is 9.98. The summed E-state index contributed by atoms with van der Waals surface area (Å²) in [5.74, 6) is -0.459. The standard InChI is InChI=1S/C18H16Cl2O3/c19-12-14(20)10-11-23-18(22)16-9-5-4-8-15(16)17(21)13-6-2-1-3-7-13/h1-9,14H,10-12H2. The Labute approximate surface area is 145 Å². The van der Waals surface area contributed by atoms with Crippen LogP contribution in [0.3, 0.4) is 0 Å². The summed E-state index contributed by atoms with van der Waals surface area (Å²) in [5, 5.41) is -0.245. The van der Waals surface area contributed by atoms with Crippen molar-refractivity contribution >= 4 is 35.0 Å². The van der Waals surface area contributed by atoms with Gasteiger partial charge in [-0.25, -0.2) is 4.79 Å². The third-order valence-electron chi connectivity index (χ3n) is 3.26. The SMILES string of the molecule is O=C(OCCC(Cl)CCl)c1ccccc1C(=O)c1ccccc1.